The number of nitrogens with one attached hydrogen (secondary N) is 3. The van der Waals surface area contributed by atoms with Gasteiger partial charge in [0, 0.05) is 12.8 Å². The number of phenols is 1. The summed E-state index contributed by atoms with van der Waals surface area (Å²) < 4.78 is 0. The normalized spacial score (nSPS) is 13.3. The molecule has 2 aromatic rings. The molecule has 0 bridgehead atoms. The van der Waals surface area contributed by atoms with Crippen molar-refractivity contribution in [2.45, 2.75) is 51.2 Å². The largest absolute Gasteiger partial charge is 0.508 e. The lowest BCUT2D eigenvalue weighted by Gasteiger charge is -2.25. The van der Waals surface area contributed by atoms with Crippen molar-refractivity contribution in [3.8, 4) is 5.75 Å². The third-order valence-corrected chi connectivity index (χ3v) is 5.45. The molecule has 0 aliphatic carbocycles. The molecule has 10 heteroatoms. The van der Waals surface area contributed by atoms with Crippen molar-refractivity contribution in [3.63, 3.8) is 0 Å². The van der Waals surface area contributed by atoms with Crippen molar-refractivity contribution in [1.82, 2.24) is 16.0 Å². The second-order valence-electron chi connectivity index (χ2n) is 8.97. The van der Waals surface area contributed by atoms with E-state index >= 15 is 0 Å². The molecule has 36 heavy (non-hydrogen) atoms. The first-order valence-corrected chi connectivity index (χ1v) is 11.7. The summed E-state index contributed by atoms with van der Waals surface area (Å²) >= 11 is 0. The Hall–Kier alpha value is -3.92. The fraction of sp³-hybridized carbons (Fsp3) is 0.385. The molecule has 0 radical (unpaired) electrons. The molecule has 7 N–H and O–H groups in total. The van der Waals surface area contributed by atoms with E-state index in [0.29, 0.717) is 12.0 Å². The van der Waals surface area contributed by atoms with Gasteiger partial charge in [0.25, 0.3) is 0 Å². The van der Waals surface area contributed by atoms with E-state index in [1.165, 1.54) is 12.1 Å². The number of hydrogen-bond donors (Lipinski definition) is 6. The molecular weight excluding hydrogens is 464 g/mol. The minimum atomic E-state index is -1.22. The molecule has 3 amide bonds. The van der Waals surface area contributed by atoms with E-state index in [0.717, 1.165) is 5.56 Å². The van der Waals surface area contributed by atoms with Gasteiger partial charge in [0.05, 0.1) is 6.54 Å². The van der Waals surface area contributed by atoms with Gasteiger partial charge in [-0.15, -0.1) is 0 Å². The molecule has 0 aromatic heterocycles. The van der Waals surface area contributed by atoms with Gasteiger partial charge in [-0.05, 0) is 35.6 Å². The molecule has 0 spiro atoms. The zero-order chi connectivity index (χ0) is 26.7. The molecule has 0 fully saturated rings. The first-order valence-electron chi connectivity index (χ1n) is 11.7. The van der Waals surface area contributed by atoms with E-state index in [4.69, 9.17) is 5.73 Å². The molecule has 0 saturated heterocycles. The third kappa shape index (κ3) is 9.38. The lowest BCUT2D eigenvalue weighted by Crippen LogP contribution is -2.57. The van der Waals surface area contributed by atoms with Crippen molar-refractivity contribution >= 4 is 23.7 Å². The van der Waals surface area contributed by atoms with Crippen molar-refractivity contribution in [1.29, 1.82) is 0 Å². The molecular formula is C26H34N4O6. The molecule has 2 rings (SSSR count). The zero-order valence-electron chi connectivity index (χ0n) is 20.4. The highest BCUT2D eigenvalue weighted by Crippen LogP contribution is 2.13. The second-order valence-corrected chi connectivity index (χ2v) is 8.97. The fourth-order valence-corrected chi connectivity index (χ4v) is 3.63. The maximum Gasteiger partial charge on any atom is 0.326 e. The summed E-state index contributed by atoms with van der Waals surface area (Å²) in [4.78, 5) is 50.1. The van der Waals surface area contributed by atoms with E-state index in [9.17, 15) is 29.4 Å². The number of nitrogens with two attached hydrogens (primary N) is 1. The quantitative estimate of drug-likeness (QED) is 0.236. The highest BCUT2D eigenvalue weighted by atomic mass is 16.4. The van der Waals surface area contributed by atoms with Crippen LogP contribution in [0.2, 0.25) is 0 Å². The molecule has 3 unspecified atom stereocenters. The van der Waals surface area contributed by atoms with Crippen LogP contribution < -0.4 is 21.7 Å². The topological polar surface area (TPSA) is 171 Å². The Labute approximate surface area is 210 Å². The van der Waals surface area contributed by atoms with E-state index in [1.54, 1.807) is 42.5 Å². The Bertz CT molecular complexity index is 1030. The van der Waals surface area contributed by atoms with Gasteiger partial charge in [-0.2, -0.15) is 0 Å². The zero-order valence-corrected chi connectivity index (χ0v) is 20.4. The monoisotopic (exact) mass is 498 g/mol. The Kier molecular flexibility index (Phi) is 10.9. The van der Waals surface area contributed by atoms with Crippen LogP contribution in [-0.4, -0.2) is 58.6 Å². The second kappa shape index (κ2) is 13.8. The average molecular weight is 499 g/mol. The van der Waals surface area contributed by atoms with Crippen LogP contribution >= 0.6 is 0 Å². The van der Waals surface area contributed by atoms with Gasteiger partial charge in [-0.25, -0.2) is 4.79 Å². The van der Waals surface area contributed by atoms with Crippen LogP contribution in [0, 0.1) is 5.92 Å². The molecule has 2 aromatic carbocycles. The van der Waals surface area contributed by atoms with Crippen molar-refractivity contribution in [2.24, 2.45) is 11.7 Å². The van der Waals surface area contributed by atoms with Crippen LogP contribution in [0.25, 0.3) is 0 Å². The highest BCUT2D eigenvalue weighted by molar-refractivity contribution is 5.93. The van der Waals surface area contributed by atoms with Crippen LogP contribution in [0.15, 0.2) is 54.6 Å². The number of rotatable bonds is 13. The number of carbonyl (C=O) groups excluding carboxylic acids is 3. The minimum absolute atomic E-state index is 0.0365. The number of hydrogen-bond acceptors (Lipinski definition) is 6. The molecule has 0 aliphatic rings. The summed E-state index contributed by atoms with van der Waals surface area (Å²) in [6.07, 6.45) is 0.413. The fourth-order valence-electron chi connectivity index (χ4n) is 3.63. The molecule has 194 valence electrons. The van der Waals surface area contributed by atoms with Crippen LogP contribution in [0.5, 0.6) is 5.75 Å². The van der Waals surface area contributed by atoms with E-state index < -0.39 is 41.8 Å². The number of aromatic hydroxyl groups is 1. The average Bonchev–Trinajstić information content (AvgIpc) is 2.84. The van der Waals surface area contributed by atoms with Crippen LogP contribution in [0.3, 0.4) is 0 Å². The Morgan fingerprint density at radius 2 is 1.31 bits per heavy atom. The number of carbonyl (C=O) groups is 4. The summed E-state index contributed by atoms with van der Waals surface area (Å²) in [7, 11) is 0. The molecule has 0 heterocycles. The summed E-state index contributed by atoms with van der Waals surface area (Å²) in [6, 6.07) is 11.7. The molecule has 0 saturated carbocycles. The maximum absolute atomic E-state index is 13.2. The minimum Gasteiger partial charge on any atom is -0.508 e. The van der Waals surface area contributed by atoms with Gasteiger partial charge >= 0.3 is 5.97 Å². The number of carboxylic acids is 1. The van der Waals surface area contributed by atoms with Gasteiger partial charge in [0.1, 0.15) is 23.9 Å². The predicted molar refractivity (Wildman–Crippen MR) is 134 cm³/mol. The lowest BCUT2D eigenvalue weighted by atomic mass is 10.00. The summed E-state index contributed by atoms with van der Waals surface area (Å²) in [5.74, 6) is -2.89. The maximum atomic E-state index is 13.2. The van der Waals surface area contributed by atoms with Crippen LogP contribution in [-0.2, 0) is 32.0 Å². The number of aliphatic carboxylic acids is 1. The number of phenolic OH excluding ortho intramolecular Hbond substituents is 1. The number of benzene rings is 2. The highest BCUT2D eigenvalue weighted by Gasteiger charge is 2.30. The standard InChI is InChI=1S/C26H34N4O6/c1-16(2)12-20(28-23(32)15-27)24(33)29-21(13-18-8-10-19(31)11-9-18)25(34)30-22(26(35)36)14-17-6-4-3-5-7-17/h3-11,16,20-22,31H,12-15,27H2,1-2H3,(H,28,32)(H,29,33)(H,30,34)(H,35,36). The predicted octanol–water partition coefficient (Wildman–Crippen LogP) is 0.721. The summed E-state index contributed by atoms with van der Waals surface area (Å²) in [5.41, 5.74) is 6.74. The number of carboxylic acid groups (broad SMARTS) is 1. The van der Waals surface area contributed by atoms with E-state index in [1.807, 2.05) is 13.8 Å². The SMILES string of the molecule is CC(C)CC(NC(=O)CN)C(=O)NC(Cc1ccc(O)cc1)C(=O)NC(Cc1ccccc1)C(=O)O. The molecule has 10 nitrogen and oxygen atoms in total. The molecule has 0 aliphatic heterocycles. The van der Waals surface area contributed by atoms with E-state index in [-0.39, 0.29) is 31.1 Å². The third-order valence-electron chi connectivity index (χ3n) is 5.45. The smallest absolute Gasteiger partial charge is 0.326 e. The first kappa shape index (κ1) is 28.3. The van der Waals surface area contributed by atoms with Crippen molar-refractivity contribution in [2.75, 3.05) is 6.54 Å². The Morgan fingerprint density at radius 1 is 0.778 bits per heavy atom. The van der Waals surface area contributed by atoms with Gasteiger partial charge in [-0.3, -0.25) is 14.4 Å². The summed E-state index contributed by atoms with van der Waals surface area (Å²) in [6.45, 7) is 3.48. The van der Waals surface area contributed by atoms with Gasteiger partial charge < -0.3 is 31.9 Å². The number of amides is 3. The Morgan fingerprint density at radius 3 is 1.86 bits per heavy atom. The van der Waals surface area contributed by atoms with Gasteiger partial charge in [0.2, 0.25) is 17.7 Å². The van der Waals surface area contributed by atoms with Gasteiger partial charge in [0.15, 0.2) is 0 Å². The van der Waals surface area contributed by atoms with Crippen LogP contribution in [0.4, 0.5) is 0 Å². The van der Waals surface area contributed by atoms with Crippen molar-refractivity contribution in [3.05, 3.63) is 65.7 Å². The molecule has 3 atom stereocenters. The van der Waals surface area contributed by atoms with Crippen molar-refractivity contribution < 1.29 is 29.4 Å². The van der Waals surface area contributed by atoms with E-state index in [2.05, 4.69) is 16.0 Å². The van der Waals surface area contributed by atoms with Crippen LogP contribution in [0.1, 0.15) is 31.4 Å². The Balaban J connectivity index is 2.25. The van der Waals surface area contributed by atoms with Gasteiger partial charge in [-0.1, -0.05) is 56.3 Å². The first-order chi connectivity index (χ1) is 17.1. The summed E-state index contributed by atoms with van der Waals surface area (Å²) in [5, 5.41) is 27.0. The lowest BCUT2D eigenvalue weighted by molar-refractivity contribution is -0.142.